The zero-order valence-corrected chi connectivity index (χ0v) is 34.9. The number of rotatable bonds is 24. The van der Waals surface area contributed by atoms with Crippen LogP contribution in [0.3, 0.4) is 0 Å². The van der Waals surface area contributed by atoms with Crippen molar-refractivity contribution in [2.45, 2.75) is 97.8 Å². The van der Waals surface area contributed by atoms with Crippen LogP contribution in [0.2, 0.25) is 0 Å². The van der Waals surface area contributed by atoms with E-state index in [1.807, 2.05) is 91.0 Å². The van der Waals surface area contributed by atoms with Crippen LogP contribution in [-0.2, 0) is 0 Å². The summed E-state index contributed by atoms with van der Waals surface area (Å²) in [5.41, 5.74) is 4.11. The molecule has 3 aromatic heterocycles. The van der Waals surface area contributed by atoms with Crippen LogP contribution in [0.1, 0.15) is 97.8 Å². The van der Waals surface area contributed by atoms with E-state index in [-0.39, 0.29) is 17.7 Å². The molecule has 0 fully saturated rings. The van der Waals surface area contributed by atoms with E-state index in [0.29, 0.717) is 54.0 Å². The van der Waals surface area contributed by atoms with Crippen molar-refractivity contribution in [3.63, 3.8) is 0 Å². The Morgan fingerprint density at radius 3 is 0.983 bits per heavy atom. The van der Waals surface area contributed by atoms with Crippen molar-refractivity contribution in [3.05, 3.63) is 91.0 Å². The normalized spacial score (nSPS) is 11.2. The Morgan fingerprint density at radius 2 is 0.683 bits per heavy atom. The average molecular weight is 811 g/mol. The van der Waals surface area contributed by atoms with Crippen LogP contribution < -0.4 is 14.2 Å². The second kappa shape index (κ2) is 21.6. The van der Waals surface area contributed by atoms with E-state index >= 15 is 0 Å². The predicted molar refractivity (Wildman–Crippen MR) is 232 cm³/mol. The summed E-state index contributed by atoms with van der Waals surface area (Å²) in [6, 6.07) is 28.8. The lowest BCUT2D eigenvalue weighted by atomic mass is 10.0. The molecule has 0 aliphatic rings. The van der Waals surface area contributed by atoms with Gasteiger partial charge in [-0.25, -0.2) is 0 Å². The van der Waals surface area contributed by atoms with Crippen molar-refractivity contribution in [3.8, 4) is 85.8 Å². The number of benzene rings is 4. The average Bonchev–Trinajstić information content (AvgIpc) is 4.09. The van der Waals surface area contributed by atoms with Gasteiger partial charge in [0.1, 0.15) is 17.2 Å². The number of unbranched alkanes of at least 4 members (excludes halogenated alkanes) is 9. The predicted octanol–water partition coefficient (Wildman–Crippen LogP) is 12.7. The summed E-state index contributed by atoms with van der Waals surface area (Å²) < 4.78 is 35.7. The third kappa shape index (κ3) is 11.5. The minimum atomic E-state index is 0.283. The number of aromatic nitrogens is 6. The van der Waals surface area contributed by atoms with Crippen LogP contribution in [0.4, 0.5) is 0 Å². The SMILES string of the molecule is CCCCCCOc1cccc(-c2noc(-c3cc(-c4nc(-c5cccc(OCCCCCC)c5)no4)cc(-c4nc(-c5cccc(OCCCCCC)c5)no4)c3)n2)c1. The van der Waals surface area contributed by atoms with E-state index < -0.39 is 0 Å². The minimum absolute atomic E-state index is 0.283. The molecule has 0 spiro atoms. The summed E-state index contributed by atoms with van der Waals surface area (Å²) in [7, 11) is 0. The summed E-state index contributed by atoms with van der Waals surface area (Å²) in [6.45, 7) is 8.56. The van der Waals surface area contributed by atoms with Gasteiger partial charge in [0.05, 0.1) is 19.8 Å². The highest BCUT2D eigenvalue weighted by Crippen LogP contribution is 2.35. The molecule has 7 aromatic rings. The molecule has 0 aliphatic carbocycles. The fourth-order valence-corrected chi connectivity index (χ4v) is 6.70. The highest BCUT2D eigenvalue weighted by atomic mass is 16.5. The van der Waals surface area contributed by atoms with Gasteiger partial charge in [0.25, 0.3) is 17.7 Å². The Balaban J connectivity index is 1.16. The Hall–Kier alpha value is -6.30. The van der Waals surface area contributed by atoms with Crippen LogP contribution in [0.25, 0.3) is 68.5 Å². The molecule has 12 heteroatoms. The van der Waals surface area contributed by atoms with Crippen molar-refractivity contribution in [1.82, 2.24) is 30.4 Å². The Labute approximate surface area is 351 Å². The van der Waals surface area contributed by atoms with Crippen molar-refractivity contribution in [1.29, 1.82) is 0 Å². The molecule has 7 rings (SSSR count). The molecule has 0 atom stereocenters. The quantitative estimate of drug-likeness (QED) is 0.0535. The first-order chi connectivity index (χ1) is 29.6. The first-order valence-electron chi connectivity index (χ1n) is 21.5. The molecule has 12 nitrogen and oxygen atoms in total. The first kappa shape index (κ1) is 41.8. The second-order valence-electron chi connectivity index (χ2n) is 14.9. The second-order valence-corrected chi connectivity index (χ2v) is 14.9. The van der Waals surface area contributed by atoms with Gasteiger partial charge in [0.15, 0.2) is 0 Å². The molecule has 0 saturated heterocycles. The molecule has 0 radical (unpaired) electrons. The topological polar surface area (TPSA) is 144 Å². The standard InChI is InChI=1S/C48H54N6O6/c1-4-7-10-13-25-55-40-22-16-19-34(31-40)43-49-46(58-52-43)37-28-38(47-50-44(53-59-47)35-20-17-23-41(32-35)56-26-14-11-8-5-2)30-39(29-37)48-51-45(54-60-48)36-21-18-24-42(33-36)57-27-15-12-9-6-3/h16-24,28-33H,4-15,25-27H2,1-3H3. The van der Waals surface area contributed by atoms with Gasteiger partial charge in [-0.05, 0) is 73.9 Å². The zero-order chi connectivity index (χ0) is 41.4. The van der Waals surface area contributed by atoms with Crippen LogP contribution in [-0.4, -0.2) is 50.2 Å². The molecule has 4 aromatic carbocycles. The third-order valence-corrected chi connectivity index (χ3v) is 10.0. The molecular weight excluding hydrogens is 757 g/mol. The van der Waals surface area contributed by atoms with E-state index in [2.05, 4.69) is 36.2 Å². The number of hydrogen-bond donors (Lipinski definition) is 0. The maximum absolute atomic E-state index is 6.03. The van der Waals surface area contributed by atoms with E-state index in [4.69, 9.17) is 42.7 Å². The van der Waals surface area contributed by atoms with E-state index in [9.17, 15) is 0 Å². The van der Waals surface area contributed by atoms with Gasteiger partial charge in [-0.3, -0.25) is 0 Å². The van der Waals surface area contributed by atoms with Gasteiger partial charge in [-0.1, -0.05) is 130 Å². The number of hydrogen-bond acceptors (Lipinski definition) is 12. The maximum Gasteiger partial charge on any atom is 0.258 e. The molecule has 3 heterocycles. The van der Waals surface area contributed by atoms with Gasteiger partial charge >= 0.3 is 0 Å². The zero-order valence-electron chi connectivity index (χ0n) is 34.9. The monoisotopic (exact) mass is 810 g/mol. The van der Waals surface area contributed by atoms with Crippen molar-refractivity contribution >= 4 is 0 Å². The van der Waals surface area contributed by atoms with Crippen LogP contribution in [0.5, 0.6) is 17.2 Å². The Morgan fingerprint density at radius 1 is 0.367 bits per heavy atom. The minimum Gasteiger partial charge on any atom is -0.494 e. The van der Waals surface area contributed by atoms with Crippen LogP contribution in [0.15, 0.2) is 105 Å². The lowest BCUT2D eigenvalue weighted by Gasteiger charge is -2.06. The van der Waals surface area contributed by atoms with Gasteiger partial charge in [-0.2, -0.15) is 15.0 Å². The van der Waals surface area contributed by atoms with E-state index in [1.54, 1.807) is 0 Å². The van der Waals surface area contributed by atoms with Crippen molar-refractivity contribution in [2.75, 3.05) is 19.8 Å². The molecule has 0 bridgehead atoms. The molecular formula is C48H54N6O6. The number of nitrogens with zero attached hydrogens (tertiary/aromatic N) is 6. The highest BCUT2D eigenvalue weighted by Gasteiger charge is 2.20. The molecule has 312 valence electrons. The van der Waals surface area contributed by atoms with Crippen LogP contribution in [0, 0.1) is 0 Å². The summed E-state index contributed by atoms with van der Waals surface area (Å²) in [5, 5.41) is 13.0. The van der Waals surface area contributed by atoms with Crippen molar-refractivity contribution < 1.29 is 27.8 Å². The smallest absolute Gasteiger partial charge is 0.258 e. The molecule has 60 heavy (non-hydrogen) atoms. The summed E-state index contributed by atoms with van der Waals surface area (Å²) >= 11 is 0. The summed E-state index contributed by atoms with van der Waals surface area (Å²) in [6.07, 6.45) is 13.6. The largest absolute Gasteiger partial charge is 0.494 e. The van der Waals surface area contributed by atoms with Gasteiger partial charge in [0.2, 0.25) is 17.5 Å². The first-order valence-corrected chi connectivity index (χ1v) is 21.5. The molecule has 0 saturated carbocycles. The Kier molecular flexibility index (Phi) is 15.1. The van der Waals surface area contributed by atoms with Gasteiger partial charge < -0.3 is 27.8 Å². The molecule has 0 amide bonds. The lowest BCUT2D eigenvalue weighted by Crippen LogP contribution is -1.97. The van der Waals surface area contributed by atoms with Crippen LogP contribution >= 0.6 is 0 Å². The molecule has 0 N–H and O–H groups in total. The summed E-state index contributed by atoms with van der Waals surface area (Å²) in [4.78, 5) is 14.4. The number of ether oxygens (including phenoxy) is 3. The highest BCUT2D eigenvalue weighted by molar-refractivity contribution is 5.75. The van der Waals surface area contributed by atoms with E-state index in [1.165, 1.54) is 38.5 Å². The fraction of sp³-hybridized carbons (Fsp3) is 0.375. The summed E-state index contributed by atoms with van der Waals surface area (Å²) in [5.74, 6) is 4.39. The molecule has 0 aliphatic heterocycles. The van der Waals surface area contributed by atoms with Crippen molar-refractivity contribution in [2.24, 2.45) is 0 Å². The van der Waals surface area contributed by atoms with E-state index in [0.717, 1.165) is 72.5 Å². The molecule has 0 unspecified atom stereocenters. The Bertz CT molecular complexity index is 2110. The third-order valence-electron chi connectivity index (χ3n) is 10.0. The van der Waals surface area contributed by atoms with Gasteiger partial charge in [-0.15, -0.1) is 0 Å². The van der Waals surface area contributed by atoms with Gasteiger partial charge in [0, 0.05) is 33.4 Å². The maximum atomic E-state index is 6.03. The lowest BCUT2D eigenvalue weighted by molar-refractivity contribution is 0.305. The fourth-order valence-electron chi connectivity index (χ4n) is 6.70.